The minimum Gasteiger partial charge on any atom is -0.350 e. The van der Waals surface area contributed by atoms with Gasteiger partial charge in [0.15, 0.2) is 5.96 Å². The van der Waals surface area contributed by atoms with Crippen LogP contribution < -0.4 is 10.6 Å². The van der Waals surface area contributed by atoms with Gasteiger partial charge in [-0.3, -0.25) is 4.99 Å². The van der Waals surface area contributed by atoms with Crippen molar-refractivity contribution in [2.75, 3.05) is 7.05 Å². The Balaban J connectivity index is 0.00000300. The third-order valence-corrected chi connectivity index (χ3v) is 4.42. The highest BCUT2D eigenvalue weighted by Crippen LogP contribution is 2.17. The summed E-state index contributed by atoms with van der Waals surface area (Å²) in [6.45, 7) is 2.97. The maximum absolute atomic E-state index is 14.0. The van der Waals surface area contributed by atoms with E-state index in [-0.39, 0.29) is 30.0 Å². The first kappa shape index (κ1) is 22.8. The Morgan fingerprint density at radius 3 is 2.62 bits per heavy atom. The summed E-state index contributed by atoms with van der Waals surface area (Å²) in [5.74, 6) is 0.174. The zero-order chi connectivity index (χ0) is 19.9. The second kappa shape index (κ2) is 10.9. The van der Waals surface area contributed by atoms with Gasteiger partial charge < -0.3 is 15.2 Å². The summed E-state index contributed by atoms with van der Waals surface area (Å²) in [5.41, 5.74) is 1.56. The van der Waals surface area contributed by atoms with E-state index >= 15 is 0 Å². The lowest BCUT2D eigenvalue weighted by atomic mass is 10.1. The lowest BCUT2D eigenvalue weighted by Crippen LogP contribution is -2.39. The fourth-order valence-corrected chi connectivity index (χ4v) is 2.92. The van der Waals surface area contributed by atoms with Crippen molar-refractivity contribution < 1.29 is 8.78 Å². The van der Waals surface area contributed by atoms with E-state index in [2.05, 4.69) is 37.3 Å². The summed E-state index contributed by atoms with van der Waals surface area (Å²) in [6.07, 6.45) is 3.68. The van der Waals surface area contributed by atoms with Gasteiger partial charge in [0.05, 0.1) is 12.6 Å². The molecule has 2 aromatic carbocycles. The van der Waals surface area contributed by atoms with Gasteiger partial charge in [0.1, 0.15) is 17.5 Å². The van der Waals surface area contributed by atoms with Crippen molar-refractivity contribution in [3.05, 3.63) is 89.5 Å². The van der Waals surface area contributed by atoms with E-state index in [1.807, 2.05) is 24.4 Å². The normalized spacial score (nSPS) is 12.2. The number of hydrogen-bond donors (Lipinski definition) is 2. The summed E-state index contributed by atoms with van der Waals surface area (Å²) < 4.78 is 29.1. The molecule has 0 aliphatic rings. The quantitative estimate of drug-likeness (QED) is 0.296. The van der Waals surface area contributed by atoms with E-state index < -0.39 is 11.6 Å². The average Bonchev–Trinajstić information content (AvgIpc) is 3.12. The summed E-state index contributed by atoms with van der Waals surface area (Å²) in [4.78, 5) is 8.57. The van der Waals surface area contributed by atoms with Crippen molar-refractivity contribution in [3.63, 3.8) is 0 Å². The van der Waals surface area contributed by atoms with Gasteiger partial charge >= 0.3 is 0 Å². The number of benzene rings is 2. The molecule has 0 saturated heterocycles. The topological polar surface area (TPSA) is 54.2 Å². The molecule has 0 radical (unpaired) electrons. The van der Waals surface area contributed by atoms with Crippen LogP contribution in [0.4, 0.5) is 8.78 Å². The van der Waals surface area contributed by atoms with Gasteiger partial charge in [-0.25, -0.2) is 13.8 Å². The Labute approximate surface area is 186 Å². The van der Waals surface area contributed by atoms with Crippen LogP contribution in [0.1, 0.15) is 29.9 Å². The van der Waals surface area contributed by atoms with Crippen LogP contribution in [-0.4, -0.2) is 22.6 Å². The number of aliphatic imine (C=N–C) groups is 1. The molecular formula is C21H24F2IN5. The van der Waals surface area contributed by atoms with E-state index in [1.165, 1.54) is 17.7 Å². The molecule has 0 bridgehead atoms. The molecule has 0 amide bonds. The first-order valence-corrected chi connectivity index (χ1v) is 9.03. The molecule has 0 saturated carbocycles. The monoisotopic (exact) mass is 511 g/mol. The van der Waals surface area contributed by atoms with Gasteiger partial charge in [-0.2, -0.15) is 0 Å². The van der Waals surface area contributed by atoms with Gasteiger partial charge in [-0.05, 0) is 18.6 Å². The second-order valence-electron chi connectivity index (χ2n) is 6.41. The van der Waals surface area contributed by atoms with Crippen LogP contribution >= 0.6 is 24.0 Å². The zero-order valence-corrected chi connectivity index (χ0v) is 18.6. The number of nitrogens with zero attached hydrogens (tertiary/aromatic N) is 3. The van der Waals surface area contributed by atoms with E-state index in [0.717, 1.165) is 18.4 Å². The second-order valence-corrected chi connectivity index (χ2v) is 6.41. The smallest absolute Gasteiger partial charge is 0.191 e. The molecule has 0 fully saturated rings. The van der Waals surface area contributed by atoms with Gasteiger partial charge in [0.25, 0.3) is 0 Å². The Morgan fingerprint density at radius 1 is 1.17 bits per heavy atom. The summed E-state index contributed by atoms with van der Waals surface area (Å²) in [5, 5.41) is 6.30. The number of imidazole rings is 1. The molecule has 1 heterocycles. The van der Waals surface area contributed by atoms with Gasteiger partial charge in [0, 0.05) is 37.6 Å². The molecule has 3 aromatic rings. The molecule has 0 spiro atoms. The number of guanidine groups is 1. The Hall–Kier alpha value is -2.49. The summed E-state index contributed by atoms with van der Waals surface area (Å²) in [7, 11) is 1.64. The van der Waals surface area contributed by atoms with Crippen molar-refractivity contribution in [2.45, 2.75) is 26.1 Å². The Morgan fingerprint density at radius 2 is 1.93 bits per heavy atom. The minimum absolute atomic E-state index is 0. The van der Waals surface area contributed by atoms with Crippen molar-refractivity contribution in [3.8, 4) is 0 Å². The van der Waals surface area contributed by atoms with Gasteiger partial charge in [-0.1, -0.05) is 36.4 Å². The van der Waals surface area contributed by atoms with Crippen molar-refractivity contribution >= 4 is 29.9 Å². The van der Waals surface area contributed by atoms with Crippen molar-refractivity contribution in [1.82, 2.24) is 20.2 Å². The van der Waals surface area contributed by atoms with Crippen molar-refractivity contribution in [2.24, 2.45) is 4.99 Å². The van der Waals surface area contributed by atoms with Crippen LogP contribution in [-0.2, 0) is 13.1 Å². The number of halogens is 3. The van der Waals surface area contributed by atoms with Crippen LogP contribution in [0.15, 0.2) is 65.9 Å². The molecule has 154 valence electrons. The highest BCUT2D eigenvalue weighted by Gasteiger charge is 2.13. The summed E-state index contributed by atoms with van der Waals surface area (Å²) >= 11 is 0. The number of aromatic nitrogens is 2. The predicted molar refractivity (Wildman–Crippen MR) is 121 cm³/mol. The molecule has 8 heteroatoms. The molecule has 1 atom stereocenters. The third-order valence-electron chi connectivity index (χ3n) is 4.42. The zero-order valence-electron chi connectivity index (χ0n) is 16.3. The van der Waals surface area contributed by atoms with Crippen LogP contribution in [0.25, 0.3) is 0 Å². The fraction of sp³-hybridized carbons (Fsp3) is 0.238. The molecule has 29 heavy (non-hydrogen) atoms. The fourth-order valence-electron chi connectivity index (χ4n) is 2.92. The van der Waals surface area contributed by atoms with E-state index in [0.29, 0.717) is 18.1 Å². The average molecular weight is 511 g/mol. The highest BCUT2D eigenvalue weighted by molar-refractivity contribution is 14.0. The molecule has 2 N–H and O–H groups in total. The van der Waals surface area contributed by atoms with Crippen molar-refractivity contribution in [1.29, 1.82) is 0 Å². The summed E-state index contributed by atoms with van der Waals surface area (Å²) in [6, 6.07) is 13.3. The first-order valence-electron chi connectivity index (χ1n) is 9.03. The van der Waals surface area contributed by atoms with Gasteiger partial charge in [-0.15, -0.1) is 24.0 Å². The standard InChI is InChI=1S/C21H23F2N5.HI/c1-15(18-9-8-17(22)12-19(18)23)27-21(24-2)26-13-20-25-10-11-28(20)14-16-6-4-3-5-7-16;/h3-12,15H,13-14H2,1-2H3,(H2,24,26,27);1H. The van der Waals surface area contributed by atoms with Crippen LogP contribution in [0.3, 0.4) is 0 Å². The van der Waals surface area contributed by atoms with Crippen LogP contribution in [0, 0.1) is 11.6 Å². The van der Waals surface area contributed by atoms with Gasteiger partial charge in [0.2, 0.25) is 0 Å². The molecule has 1 aromatic heterocycles. The van der Waals surface area contributed by atoms with E-state index in [4.69, 9.17) is 0 Å². The predicted octanol–water partition coefficient (Wildman–Crippen LogP) is 4.25. The molecule has 0 aliphatic carbocycles. The maximum atomic E-state index is 14.0. The lowest BCUT2D eigenvalue weighted by molar-refractivity contribution is 0.550. The van der Waals surface area contributed by atoms with Crippen LogP contribution in [0.2, 0.25) is 0 Å². The molecular weight excluding hydrogens is 487 g/mol. The molecule has 3 rings (SSSR count). The van der Waals surface area contributed by atoms with E-state index in [9.17, 15) is 8.78 Å². The first-order chi connectivity index (χ1) is 13.6. The maximum Gasteiger partial charge on any atom is 0.191 e. The number of nitrogens with one attached hydrogen (secondary N) is 2. The number of hydrogen-bond acceptors (Lipinski definition) is 2. The molecule has 0 aliphatic heterocycles. The molecule has 1 unspecified atom stereocenters. The highest BCUT2D eigenvalue weighted by atomic mass is 127. The Kier molecular flexibility index (Phi) is 8.56. The van der Waals surface area contributed by atoms with E-state index in [1.54, 1.807) is 20.2 Å². The lowest BCUT2D eigenvalue weighted by Gasteiger charge is -2.19. The SMILES string of the molecule is CN=C(NCc1nccn1Cc1ccccc1)NC(C)c1ccc(F)cc1F.I. The molecule has 5 nitrogen and oxygen atoms in total. The Bertz CT molecular complexity index is 943. The third kappa shape index (κ3) is 6.25. The largest absolute Gasteiger partial charge is 0.350 e. The number of rotatable bonds is 6. The van der Waals surface area contributed by atoms with Crippen LogP contribution in [0.5, 0.6) is 0 Å². The minimum atomic E-state index is -0.596.